The van der Waals surface area contributed by atoms with Crippen LogP contribution < -0.4 is 16.0 Å². The lowest BCUT2D eigenvalue weighted by molar-refractivity contribution is -0.132. The van der Waals surface area contributed by atoms with Crippen LogP contribution >= 0.6 is 22.9 Å². The number of urea groups is 1. The number of anilines is 1. The second kappa shape index (κ2) is 8.42. The van der Waals surface area contributed by atoms with Gasteiger partial charge in [-0.3, -0.25) is 4.79 Å². The number of carbonyl (C=O) groups is 2. The Balaban J connectivity index is 1.58. The summed E-state index contributed by atoms with van der Waals surface area (Å²) < 4.78 is 0. The fraction of sp³-hybridized carbons (Fsp3) is 0.333. The van der Waals surface area contributed by atoms with Gasteiger partial charge in [-0.25, -0.2) is 4.79 Å². The number of piperazine rings is 1. The standard InChI is InChI=1S/C18H21ClN4O2S/c19-13-3-1-4-14(11-13)22-6-8-23(9-7-22)17(24)12-15(21-18(20)25)16-5-2-10-26-16/h1-5,10-11,15H,6-9,12H2,(H3,20,21,25). The van der Waals surface area contributed by atoms with Gasteiger partial charge in [0.15, 0.2) is 0 Å². The van der Waals surface area contributed by atoms with Gasteiger partial charge in [-0.05, 0) is 29.6 Å². The monoisotopic (exact) mass is 392 g/mol. The molecule has 1 unspecified atom stereocenters. The highest BCUT2D eigenvalue weighted by molar-refractivity contribution is 7.10. The molecule has 8 heteroatoms. The molecule has 1 aromatic heterocycles. The van der Waals surface area contributed by atoms with Gasteiger partial charge < -0.3 is 20.9 Å². The van der Waals surface area contributed by atoms with E-state index in [9.17, 15) is 9.59 Å². The number of nitrogens with one attached hydrogen (secondary N) is 1. The highest BCUT2D eigenvalue weighted by Crippen LogP contribution is 2.24. The second-order valence-electron chi connectivity index (χ2n) is 6.13. The average Bonchev–Trinajstić information content (AvgIpc) is 3.15. The minimum absolute atomic E-state index is 0.0166. The van der Waals surface area contributed by atoms with Crippen molar-refractivity contribution in [2.24, 2.45) is 5.73 Å². The minimum Gasteiger partial charge on any atom is -0.368 e. The molecule has 3 amide bonds. The quantitative estimate of drug-likeness (QED) is 0.821. The molecule has 0 bridgehead atoms. The first-order chi connectivity index (χ1) is 12.5. The van der Waals surface area contributed by atoms with Gasteiger partial charge in [-0.15, -0.1) is 11.3 Å². The zero-order valence-corrected chi connectivity index (χ0v) is 15.8. The van der Waals surface area contributed by atoms with E-state index in [1.54, 1.807) is 0 Å². The number of benzene rings is 1. The topological polar surface area (TPSA) is 78.7 Å². The van der Waals surface area contributed by atoms with Crippen LogP contribution in [0.5, 0.6) is 0 Å². The number of hydrogen-bond acceptors (Lipinski definition) is 4. The van der Waals surface area contributed by atoms with Crippen molar-refractivity contribution in [2.75, 3.05) is 31.1 Å². The molecule has 1 aromatic carbocycles. The van der Waals surface area contributed by atoms with Crippen LogP contribution in [0.3, 0.4) is 0 Å². The molecule has 138 valence electrons. The molecule has 1 fully saturated rings. The Morgan fingerprint density at radius 1 is 1.19 bits per heavy atom. The molecule has 3 N–H and O–H groups in total. The van der Waals surface area contributed by atoms with E-state index in [4.69, 9.17) is 17.3 Å². The highest BCUT2D eigenvalue weighted by Gasteiger charge is 2.25. The molecule has 1 aliphatic rings. The Bertz CT molecular complexity index is 760. The van der Waals surface area contributed by atoms with Crippen molar-refractivity contribution in [3.05, 3.63) is 51.7 Å². The zero-order valence-electron chi connectivity index (χ0n) is 14.2. The van der Waals surface area contributed by atoms with E-state index in [-0.39, 0.29) is 18.4 Å². The van der Waals surface area contributed by atoms with E-state index in [0.717, 1.165) is 23.7 Å². The summed E-state index contributed by atoms with van der Waals surface area (Å²) in [7, 11) is 0. The maximum atomic E-state index is 12.7. The third kappa shape index (κ3) is 4.68. The molecule has 3 rings (SSSR count). The number of nitrogens with two attached hydrogens (primary N) is 1. The molecular formula is C18H21ClN4O2S. The van der Waals surface area contributed by atoms with Crippen LogP contribution in [-0.4, -0.2) is 43.0 Å². The third-order valence-corrected chi connectivity index (χ3v) is 5.61. The third-order valence-electron chi connectivity index (χ3n) is 4.39. The normalized spacial score (nSPS) is 15.6. The van der Waals surface area contributed by atoms with Gasteiger partial charge in [0, 0.05) is 41.8 Å². The SMILES string of the molecule is NC(=O)NC(CC(=O)N1CCN(c2cccc(Cl)c2)CC1)c1cccs1. The summed E-state index contributed by atoms with van der Waals surface area (Å²) >= 11 is 7.55. The van der Waals surface area contributed by atoms with E-state index in [1.807, 2.05) is 46.7 Å². The number of rotatable bonds is 5. The number of primary amides is 1. The molecule has 26 heavy (non-hydrogen) atoms. The first-order valence-electron chi connectivity index (χ1n) is 8.40. The summed E-state index contributed by atoms with van der Waals surface area (Å²) in [4.78, 5) is 28.9. The summed E-state index contributed by atoms with van der Waals surface area (Å²) in [6, 6.07) is 10.5. The van der Waals surface area contributed by atoms with Crippen LogP contribution in [0.4, 0.5) is 10.5 Å². The van der Waals surface area contributed by atoms with Crippen LogP contribution in [0.1, 0.15) is 17.3 Å². The Labute approximate surface area is 161 Å². The lowest BCUT2D eigenvalue weighted by Gasteiger charge is -2.36. The fourth-order valence-electron chi connectivity index (χ4n) is 3.07. The minimum atomic E-state index is -0.623. The summed E-state index contributed by atoms with van der Waals surface area (Å²) in [6.07, 6.45) is 0.209. The first-order valence-corrected chi connectivity index (χ1v) is 9.66. The first kappa shape index (κ1) is 18.5. The van der Waals surface area contributed by atoms with E-state index in [0.29, 0.717) is 18.1 Å². The number of hydrogen-bond donors (Lipinski definition) is 2. The van der Waals surface area contributed by atoms with Gasteiger partial charge in [0.2, 0.25) is 5.91 Å². The Kier molecular flexibility index (Phi) is 6.00. The highest BCUT2D eigenvalue weighted by atomic mass is 35.5. The molecule has 1 saturated heterocycles. The van der Waals surface area contributed by atoms with E-state index in [1.165, 1.54) is 11.3 Å². The Hall–Kier alpha value is -2.25. The lowest BCUT2D eigenvalue weighted by Crippen LogP contribution is -2.49. The molecule has 0 spiro atoms. The predicted octanol–water partition coefficient (Wildman–Crippen LogP) is 2.85. The number of carbonyl (C=O) groups excluding carboxylic acids is 2. The number of thiophene rings is 1. The van der Waals surface area contributed by atoms with Crippen LogP contribution in [0.2, 0.25) is 5.02 Å². The van der Waals surface area contributed by atoms with Gasteiger partial charge in [0.05, 0.1) is 12.5 Å². The second-order valence-corrected chi connectivity index (χ2v) is 7.54. The van der Waals surface area contributed by atoms with Crippen molar-refractivity contribution in [3.63, 3.8) is 0 Å². The molecule has 2 heterocycles. The number of nitrogens with zero attached hydrogens (tertiary/aromatic N) is 2. The average molecular weight is 393 g/mol. The maximum absolute atomic E-state index is 12.7. The van der Waals surface area contributed by atoms with Gasteiger partial charge >= 0.3 is 6.03 Å². The van der Waals surface area contributed by atoms with E-state index >= 15 is 0 Å². The van der Waals surface area contributed by atoms with Crippen molar-refractivity contribution in [2.45, 2.75) is 12.5 Å². The van der Waals surface area contributed by atoms with Crippen LogP contribution in [0, 0.1) is 0 Å². The molecule has 1 aliphatic heterocycles. The van der Waals surface area contributed by atoms with Crippen molar-refractivity contribution < 1.29 is 9.59 Å². The summed E-state index contributed by atoms with van der Waals surface area (Å²) in [5.41, 5.74) is 6.33. The van der Waals surface area contributed by atoms with Gasteiger partial charge in [0.25, 0.3) is 0 Å². The summed E-state index contributed by atoms with van der Waals surface area (Å²) in [5, 5.41) is 5.29. The van der Waals surface area contributed by atoms with Gasteiger partial charge in [0.1, 0.15) is 0 Å². The predicted molar refractivity (Wildman–Crippen MR) is 105 cm³/mol. The summed E-state index contributed by atoms with van der Waals surface area (Å²) in [6.45, 7) is 2.77. The summed E-state index contributed by atoms with van der Waals surface area (Å²) in [5.74, 6) is 0.0166. The van der Waals surface area contributed by atoms with Gasteiger partial charge in [-0.1, -0.05) is 23.7 Å². The number of amides is 3. The molecule has 2 aromatic rings. The molecule has 0 saturated carbocycles. The molecule has 6 nitrogen and oxygen atoms in total. The largest absolute Gasteiger partial charge is 0.368 e. The molecule has 0 radical (unpaired) electrons. The molecule has 1 atom stereocenters. The van der Waals surface area contributed by atoms with Crippen molar-refractivity contribution in [1.29, 1.82) is 0 Å². The smallest absolute Gasteiger partial charge is 0.312 e. The Morgan fingerprint density at radius 3 is 2.58 bits per heavy atom. The van der Waals surface area contributed by atoms with Crippen molar-refractivity contribution >= 4 is 40.6 Å². The lowest BCUT2D eigenvalue weighted by atomic mass is 10.1. The maximum Gasteiger partial charge on any atom is 0.312 e. The van der Waals surface area contributed by atoms with Crippen LogP contribution in [0.15, 0.2) is 41.8 Å². The van der Waals surface area contributed by atoms with E-state index in [2.05, 4.69) is 10.2 Å². The van der Waals surface area contributed by atoms with Crippen LogP contribution in [-0.2, 0) is 4.79 Å². The fourth-order valence-corrected chi connectivity index (χ4v) is 4.04. The van der Waals surface area contributed by atoms with Gasteiger partial charge in [-0.2, -0.15) is 0 Å². The molecule has 0 aliphatic carbocycles. The van der Waals surface area contributed by atoms with Crippen molar-refractivity contribution in [3.8, 4) is 0 Å². The van der Waals surface area contributed by atoms with E-state index < -0.39 is 6.03 Å². The van der Waals surface area contributed by atoms with Crippen molar-refractivity contribution in [1.82, 2.24) is 10.2 Å². The zero-order chi connectivity index (χ0) is 18.5. The van der Waals surface area contributed by atoms with Crippen LogP contribution in [0.25, 0.3) is 0 Å². The molecular weight excluding hydrogens is 372 g/mol. The number of halogens is 1. The Morgan fingerprint density at radius 2 is 1.96 bits per heavy atom.